The molecule has 9 heteroatoms. The van der Waals surface area contributed by atoms with Crippen molar-refractivity contribution in [3.63, 3.8) is 0 Å². The van der Waals surface area contributed by atoms with Gasteiger partial charge in [-0.2, -0.15) is 0 Å². The van der Waals surface area contributed by atoms with Crippen molar-refractivity contribution in [2.24, 2.45) is 0 Å². The maximum Gasteiger partial charge on any atom is 0.472 e. The van der Waals surface area contributed by atoms with Crippen molar-refractivity contribution in [1.29, 1.82) is 0 Å². The first kappa shape index (κ1) is 45.0. The van der Waals surface area contributed by atoms with Crippen molar-refractivity contribution in [2.45, 2.75) is 161 Å². The van der Waals surface area contributed by atoms with Crippen molar-refractivity contribution in [3.8, 4) is 0 Å². The van der Waals surface area contributed by atoms with E-state index in [0.29, 0.717) is 6.42 Å². The molecule has 0 amide bonds. The third-order valence-corrected chi connectivity index (χ3v) is 8.54. The first-order valence-electron chi connectivity index (χ1n) is 18.3. The summed E-state index contributed by atoms with van der Waals surface area (Å²) < 4.78 is 31.7. The SMILES string of the molecule is CC/C=C\C/C=C\C/C=C\C/C=C\CCC(=O)OC(COC(=O)CCCCCCCCCCCCCCCCC)COP(=O)(O)OC. The summed E-state index contributed by atoms with van der Waals surface area (Å²) in [6, 6.07) is 0. The largest absolute Gasteiger partial charge is 0.472 e. The summed E-state index contributed by atoms with van der Waals surface area (Å²) in [6.07, 6.45) is 38.9. The minimum absolute atomic E-state index is 0.124. The fraction of sp³-hybridized carbons (Fsp3) is 0.737. The van der Waals surface area contributed by atoms with Crippen LogP contribution in [0.4, 0.5) is 0 Å². The first-order valence-corrected chi connectivity index (χ1v) is 19.8. The van der Waals surface area contributed by atoms with E-state index in [1.165, 1.54) is 77.0 Å². The molecule has 0 fully saturated rings. The van der Waals surface area contributed by atoms with E-state index in [4.69, 9.17) is 14.0 Å². The zero-order valence-corrected chi connectivity index (χ0v) is 30.8. The topological polar surface area (TPSA) is 108 Å². The number of hydrogen-bond acceptors (Lipinski definition) is 7. The van der Waals surface area contributed by atoms with Crippen molar-refractivity contribution < 1.29 is 37.6 Å². The highest BCUT2D eigenvalue weighted by atomic mass is 31.2. The Balaban J connectivity index is 4.16. The summed E-state index contributed by atoms with van der Waals surface area (Å²) in [5.74, 6) is -0.899. The Morgan fingerprint density at radius 3 is 1.57 bits per heavy atom. The van der Waals surface area contributed by atoms with E-state index in [0.717, 1.165) is 52.1 Å². The lowest BCUT2D eigenvalue weighted by molar-refractivity contribution is -0.161. The van der Waals surface area contributed by atoms with E-state index in [9.17, 15) is 19.0 Å². The summed E-state index contributed by atoms with van der Waals surface area (Å²) in [6.45, 7) is 3.69. The number of carbonyl (C=O) groups is 2. The molecule has 272 valence electrons. The molecule has 0 aliphatic heterocycles. The number of allylic oxidation sites excluding steroid dienone is 8. The Bertz CT molecular complexity index is 911. The van der Waals surface area contributed by atoms with Gasteiger partial charge in [0, 0.05) is 20.0 Å². The maximum atomic E-state index is 12.4. The zero-order chi connectivity index (χ0) is 34.7. The monoisotopic (exact) mass is 682 g/mol. The van der Waals surface area contributed by atoms with Gasteiger partial charge in [0.15, 0.2) is 6.10 Å². The smallest absolute Gasteiger partial charge is 0.462 e. The van der Waals surface area contributed by atoms with E-state index in [1.807, 2.05) is 12.2 Å². The van der Waals surface area contributed by atoms with Crippen LogP contribution in [-0.4, -0.2) is 43.3 Å². The predicted molar refractivity (Wildman–Crippen MR) is 193 cm³/mol. The average Bonchev–Trinajstić information content (AvgIpc) is 3.06. The van der Waals surface area contributed by atoms with Crippen LogP contribution in [0.3, 0.4) is 0 Å². The van der Waals surface area contributed by atoms with Gasteiger partial charge < -0.3 is 14.4 Å². The van der Waals surface area contributed by atoms with Crippen LogP contribution in [0, 0.1) is 0 Å². The van der Waals surface area contributed by atoms with Crippen LogP contribution in [0.1, 0.15) is 155 Å². The molecular formula is C38H67O8P. The molecule has 1 N–H and O–H groups in total. The Hall–Kier alpha value is -1.99. The zero-order valence-electron chi connectivity index (χ0n) is 29.9. The van der Waals surface area contributed by atoms with Crippen molar-refractivity contribution >= 4 is 19.8 Å². The third kappa shape index (κ3) is 33.7. The number of phosphoric ester groups is 1. The minimum atomic E-state index is -4.27. The van der Waals surface area contributed by atoms with Crippen LogP contribution in [-0.2, 0) is 32.7 Å². The van der Waals surface area contributed by atoms with E-state index in [2.05, 4.69) is 54.8 Å². The van der Waals surface area contributed by atoms with Gasteiger partial charge in [-0.1, -0.05) is 152 Å². The fourth-order valence-electron chi connectivity index (χ4n) is 4.79. The highest BCUT2D eigenvalue weighted by molar-refractivity contribution is 7.47. The molecule has 0 aliphatic rings. The molecule has 0 aliphatic carbocycles. The lowest BCUT2D eigenvalue weighted by atomic mass is 10.0. The average molecular weight is 683 g/mol. The lowest BCUT2D eigenvalue weighted by Crippen LogP contribution is -2.29. The highest BCUT2D eigenvalue weighted by Gasteiger charge is 2.24. The number of phosphoric acid groups is 1. The Morgan fingerprint density at radius 2 is 1.09 bits per heavy atom. The molecule has 0 spiro atoms. The molecule has 47 heavy (non-hydrogen) atoms. The first-order chi connectivity index (χ1) is 22.8. The van der Waals surface area contributed by atoms with Crippen molar-refractivity contribution in [3.05, 3.63) is 48.6 Å². The number of ether oxygens (including phenoxy) is 2. The maximum absolute atomic E-state index is 12.4. The summed E-state index contributed by atoms with van der Waals surface area (Å²) in [5.41, 5.74) is 0. The normalized spacial score (nSPS) is 14.0. The molecule has 0 aromatic heterocycles. The molecular weight excluding hydrogens is 615 g/mol. The number of esters is 2. The van der Waals surface area contributed by atoms with Crippen molar-refractivity contribution in [1.82, 2.24) is 0 Å². The van der Waals surface area contributed by atoms with Crippen LogP contribution < -0.4 is 0 Å². The molecule has 0 bridgehead atoms. The van der Waals surface area contributed by atoms with Gasteiger partial charge in [0.25, 0.3) is 0 Å². The van der Waals surface area contributed by atoms with E-state index in [-0.39, 0.29) is 25.4 Å². The standard InChI is InChI=1S/C38H67O8P/c1-4-6-8-10-12-14-16-18-19-21-22-24-26-28-30-32-37(39)44-34-36(35-45-47(41,42)43-3)46-38(40)33-31-29-27-25-23-20-17-15-13-11-9-7-5-2/h7,9,13,15,20,23,27,29,36H,4-6,8,10-12,14,16-19,21-22,24-26,28,30-35H2,1-3H3,(H,41,42)/b9-7-,15-13-,23-20-,29-27-. The minimum Gasteiger partial charge on any atom is -0.462 e. The van der Waals surface area contributed by atoms with E-state index >= 15 is 0 Å². The van der Waals surface area contributed by atoms with E-state index in [1.54, 1.807) is 0 Å². The molecule has 2 unspecified atom stereocenters. The number of carbonyl (C=O) groups excluding carboxylic acids is 2. The molecule has 0 rings (SSSR count). The van der Waals surface area contributed by atoms with Gasteiger partial charge in [-0.15, -0.1) is 0 Å². The van der Waals surface area contributed by atoms with Crippen LogP contribution >= 0.6 is 7.82 Å². The van der Waals surface area contributed by atoms with Crippen molar-refractivity contribution in [2.75, 3.05) is 20.3 Å². The van der Waals surface area contributed by atoms with Gasteiger partial charge in [-0.25, -0.2) is 4.57 Å². The molecule has 0 saturated carbocycles. The highest BCUT2D eigenvalue weighted by Crippen LogP contribution is 2.42. The number of hydrogen-bond donors (Lipinski definition) is 1. The molecule has 0 aromatic carbocycles. The van der Waals surface area contributed by atoms with Gasteiger partial charge in [0.1, 0.15) is 6.61 Å². The number of unbranched alkanes of at least 4 members (excludes halogenated alkanes) is 14. The summed E-state index contributed by atoms with van der Waals surface area (Å²) in [5, 5.41) is 0. The quantitative estimate of drug-likeness (QED) is 0.0315. The third-order valence-electron chi connectivity index (χ3n) is 7.60. The van der Waals surface area contributed by atoms with E-state index < -0.39 is 26.5 Å². The fourth-order valence-corrected chi connectivity index (χ4v) is 5.25. The second-order valence-electron chi connectivity index (χ2n) is 12.0. The van der Waals surface area contributed by atoms with Gasteiger partial charge in [0.2, 0.25) is 0 Å². The van der Waals surface area contributed by atoms with Crippen LogP contribution in [0.15, 0.2) is 48.6 Å². The molecule has 0 heterocycles. The van der Waals surface area contributed by atoms with Gasteiger partial charge in [-0.3, -0.25) is 18.6 Å². The molecule has 0 aromatic rings. The predicted octanol–water partition coefficient (Wildman–Crippen LogP) is 11.1. The Labute approximate surface area is 287 Å². The molecule has 2 atom stereocenters. The Morgan fingerprint density at radius 1 is 0.617 bits per heavy atom. The lowest BCUT2D eigenvalue weighted by Gasteiger charge is -2.19. The summed E-state index contributed by atoms with van der Waals surface area (Å²) in [7, 11) is -3.23. The van der Waals surface area contributed by atoms with Crippen LogP contribution in [0.25, 0.3) is 0 Å². The second kappa shape index (κ2) is 33.9. The molecule has 8 nitrogen and oxygen atoms in total. The summed E-state index contributed by atoms with van der Waals surface area (Å²) in [4.78, 5) is 34.2. The molecule has 0 saturated heterocycles. The van der Waals surface area contributed by atoms with Gasteiger partial charge in [0.05, 0.1) is 6.61 Å². The molecule has 0 radical (unpaired) electrons. The van der Waals surface area contributed by atoms with Crippen LogP contribution in [0.5, 0.6) is 0 Å². The summed E-state index contributed by atoms with van der Waals surface area (Å²) >= 11 is 0. The Kier molecular flexibility index (Phi) is 32.5. The van der Waals surface area contributed by atoms with Gasteiger partial charge in [-0.05, 0) is 38.5 Å². The van der Waals surface area contributed by atoms with Crippen LogP contribution in [0.2, 0.25) is 0 Å². The second-order valence-corrected chi connectivity index (χ2v) is 13.5. The van der Waals surface area contributed by atoms with Gasteiger partial charge >= 0.3 is 19.8 Å². The number of rotatable bonds is 33.